The number of nitrogens with two attached hydrogens (primary N) is 2. The standard InChI is InChI=1S/C13H18FN3OS/c1-2-3-6-17(8-12(15)18)11-5-4-9(14)7-10(11)13(16)19/h4-5,7H,2-3,6,8H2,1H3,(H2,15,18)(H2,16,19). The molecule has 0 aliphatic carbocycles. The van der Waals surface area contributed by atoms with Crippen LogP contribution in [0.2, 0.25) is 0 Å². The predicted octanol–water partition coefficient (Wildman–Crippen LogP) is 1.55. The van der Waals surface area contributed by atoms with Crippen molar-refractivity contribution >= 4 is 28.8 Å². The van der Waals surface area contributed by atoms with Gasteiger partial charge >= 0.3 is 0 Å². The number of benzene rings is 1. The van der Waals surface area contributed by atoms with E-state index in [2.05, 4.69) is 0 Å². The number of anilines is 1. The van der Waals surface area contributed by atoms with Gasteiger partial charge < -0.3 is 16.4 Å². The molecule has 0 fully saturated rings. The first-order chi connectivity index (χ1) is 8.95. The topological polar surface area (TPSA) is 72.3 Å². The zero-order valence-electron chi connectivity index (χ0n) is 10.9. The van der Waals surface area contributed by atoms with Crippen molar-refractivity contribution in [3.8, 4) is 0 Å². The van der Waals surface area contributed by atoms with Gasteiger partial charge in [0.2, 0.25) is 5.91 Å². The maximum Gasteiger partial charge on any atom is 0.236 e. The number of nitrogens with zero attached hydrogens (tertiary/aromatic N) is 1. The zero-order chi connectivity index (χ0) is 14.4. The van der Waals surface area contributed by atoms with Crippen LogP contribution in [0.3, 0.4) is 0 Å². The Morgan fingerprint density at radius 2 is 2.11 bits per heavy atom. The fraction of sp³-hybridized carbons (Fsp3) is 0.385. The van der Waals surface area contributed by atoms with Crippen LogP contribution in [0.25, 0.3) is 0 Å². The van der Waals surface area contributed by atoms with Crippen molar-refractivity contribution in [1.29, 1.82) is 0 Å². The number of thiocarbonyl (C=S) groups is 1. The molecule has 1 amide bonds. The fourth-order valence-electron chi connectivity index (χ4n) is 1.80. The lowest BCUT2D eigenvalue weighted by Gasteiger charge is -2.25. The van der Waals surface area contributed by atoms with Gasteiger partial charge in [-0.25, -0.2) is 4.39 Å². The van der Waals surface area contributed by atoms with Crippen LogP contribution in [0, 0.1) is 5.82 Å². The minimum atomic E-state index is -0.450. The monoisotopic (exact) mass is 283 g/mol. The molecule has 0 radical (unpaired) electrons. The van der Waals surface area contributed by atoms with Crippen molar-refractivity contribution in [3.05, 3.63) is 29.6 Å². The van der Waals surface area contributed by atoms with Gasteiger partial charge in [-0.15, -0.1) is 0 Å². The Hall–Kier alpha value is -1.69. The lowest BCUT2D eigenvalue weighted by molar-refractivity contribution is -0.116. The molecule has 19 heavy (non-hydrogen) atoms. The maximum absolute atomic E-state index is 13.3. The van der Waals surface area contributed by atoms with E-state index in [0.717, 1.165) is 12.8 Å². The SMILES string of the molecule is CCCCN(CC(N)=O)c1ccc(F)cc1C(N)=S. The van der Waals surface area contributed by atoms with E-state index in [4.69, 9.17) is 23.7 Å². The highest BCUT2D eigenvalue weighted by atomic mass is 32.1. The first kappa shape index (κ1) is 15.4. The van der Waals surface area contributed by atoms with Crippen LogP contribution in [0.1, 0.15) is 25.3 Å². The van der Waals surface area contributed by atoms with Gasteiger partial charge in [0.25, 0.3) is 0 Å². The number of carbonyl (C=O) groups is 1. The highest BCUT2D eigenvalue weighted by Gasteiger charge is 2.15. The average Bonchev–Trinajstić information content (AvgIpc) is 2.34. The third kappa shape index (κ3) is 4.48. The Bertz CT molecular complexity index is 479. The summed E-state index contributed by atoms with van der Waals surface area (Å²) in [5.41, 5.74) is 11.9. The largest absolute Gasteiger partial charge is 0.389 e. The summed E-state index contributed by atoms with van der Waals surface area (Å²) in [6.45, 7) is 2.74. The van der Waals surface area contributed by atoms with Gasteiger partial charge in [-0.2, -0.15) is 0 Å². The summed E-state index contributed by atoms with van der Waals surface area (Å²) in [5.74, 6) is -0.865. The number of rotatable bonds is 7. The maximum atomic E-state index is 13.3. The number of amides is 1. The van der Waals surface area contributed by atoms with E-state index < -0.39 is 11.7 Å². The Morgan fingerprint density at radius 1 is 1.42 bits per heavy atom. The summed E-state index contributed by atoms with van der Waals surface area (Å²) in [5, 5.41) is 0. The fourth-order valence-corrected chi connectivity index (χ4v) is 1.97. The number of halogens is 1. The molecule has 1 aromatic carbocycles. The molecule has 0 atom stereocenters. The summed E-state index contributed by atoms with van der Waals surface area (Å²) in [6.07, 6.45) is 1.86. The first-order valence-corrected chi connectivity index (χ1v) is 6.49. The number of hydrogen-bond donors (Lipinski definition) is 2. The van der Waals surface area contributed by atoms with Gasteiger partial charge in [-0.3, -0.25) is 4.79 Å². The molecule has 0 saturated heterocycles. The lowest BCUT2D eigenvalue weighted by atomic mass is 10.1. The molecule has 6 heteroatoms. The zero-order valence-corrected chi connectivity index (χ0v) is 11.7. The molecule has 0 spiro atoms. The molecule has 0 heterocycles. The number of primary amides is 1. The second-order valence-electron chi connectivity index (χ2n) is 4.27. The van der Waals surface area contributed by atoms with Crippen molar-refractivity contribution < 1.29 is 9.18 Å². The molecule has 0 aliphatic heterocycles. The van der Waals surface area contributed by atoms with Gasteiger partial charge in [0.1, 0.15) is 10.8 Å². The van der Waals surface area contributed by atoms with Crippen LogP contribution >= 0.6 is 12.2 Å². The minimum Gasteiger partial charge on any atom is -0.389 e. The Morgan fingerprint density at radius 3 is 2.63 bits per heavy atom. The molecule has 1 aromatic rings. The van der Waals surface area contributed by atoms with Crippen molar-refractivity contribution in [2.75, 3.05) is 18.0 Å². The molecule has 104 valence electrons. The smallest absolute Gasteiger partial charge is 0.236 e. The van der Waals surface area contributed by atoms with E-state index in [-0.39, 0.29) is 11.5 Å². The molecule has 0 aromatic heterocycles. The number of hydrogen-bond acceptors (Lipinski definition) is 3. The van der Waals surface area contributed by atoms with Gasteiger partial charge in [-0.05, 0) is 24.6 Å². The van der Waals surface area contributed by atoms with E-state index in [1.807, 2.05) is 6.92 Å². The van der Waals surface area contributed by atoms with Gasteiger partial charge in [-0.1, -0.05) is 25.6 Å². The molecule has 0 unspecified atom stereocenters. The number of carbonyl (C=O) groups excluding carboxylic acids is 1. The molecule has 4 N–H and O–H groups in total. The third-order valence-corrected chi connectivity index (χ3v) is 2.91. The summed E-state index contributed by atoms with van der Waals surface area (Å²) in [7, 11) is 0. The normalized spacial score (nSPS) is 10.2. The molecule has 1 rings (SSSR count). The van der Waals surface area contributed by atoms with E-state index in [1.165, 1.54) is 12.1 Å². The van der Waals surface area contributed by atoms with Crippen molar-refractivity contribution in [3.63, 3.8) is 0 Å². The van der Waals surface area contributed by atoms with E-state index in [9.17, 15) is 9.18 Å². The van der Waals surface area contributed by atoms with Gasteiger partial charge in [0, 0.05) is 17.8 Å². The molecule has 4 nitrogen and oxygen atoms in total. The van der Waals surface area contributed by atoms with E-state index in [1.54, 1.807) is 11.0 Å². The van der Waals surface area contributed by atoms with Crippen LogP contribution in [0.5, 0.6) is 0 Å². The molecule has 0 bridgehead atoms. The Kier molecular flexibility index (Phi) is 5.69. The van der Waals surface area contributed by atoms with Crippen LogP contribution in [0.15, 0.2) is 18.2 Å². The van der Waals surface area contributed by atoms with Crippen LogP contribution < -0.4 is 16.4 Å². The average molecular weight is 283 g/mol. The van der Waals surface area contributed by atoms with Gasteiger partial charge in [0.05, 0.1) is 6.54 Å². The predicted molar refractivity (Wildman–Crippen MR) is 78.6 cm³/mol. The molecular weight excluding hydrogens is 265 g/mol. The quantitative estimate of drug-likeness (QED) is 0.745. The minimum absolute atomic E-state index is 0.0568. The van der Waals surface area contributed by atoms with Crippen molar-refractivity contribution in [2.24, 2.45) is 11.5 Å². The van der Waals surface area contributed by atoms with Crippen molar-refractivity contribution in [2.45, 2.75) is 19.8 Å². The van der Waals surface area contributed by atoms with Gasteiger partial charge in [0.15, 0.2) is 0 Å². The Labute approximate surface area is 117 Å². The first-order valence-electron chi connectivity index (χ1n) is 6.08. The van der Waals surface area contributed by atoms with Crippen molar-refractivity contribution in [1.82, 2.24) is 0 Å². The third-order valence-electron chi connectivity index (χ3n) is 2.69. The molecule has 0 saturated carbocycles. The van der Waals surface area contributed by atoms with E-state index in [0.29, 0.717) is 17.8 Å². The molecule has 0 aliphatic rings. The van der Waals surface area contributed by atoms with Crippen LogP contribution in [-0.2, 0) is 4.79 Å². The van der Waals surface area contributed by atoms with Crippen LogP contribution in [0.4, 0.5) is 10.1 Å². The number of unbranched alkanes of at least 4 members (excludes halogenated alkanes) is 1. The lowest BCUT2D eigenvalue weighted by Crippen LogP contribution is -2.35. The second kappa shape index (κ2) is 7.04. The summed E-state index contributed by atoms with van der Waals surface area (Å²) in [4.78, 5) is 13.0. The summed E-state index contributed by atoms with van der Waals surface area (Å²) in [6, 6.07) is 4.16. The summed E-state index contributed by atoms with van der Waals surface area (Å²) >= 11 is 4.92. The summed E-state index contributed by atoms with van der Waals surface area (Å²) < 4.78 is 13.3. The highest BCUT2D eigenvalue weighted by molar-refractivity contribution is 7.80. The Balaban J connectivity index is 3.12. The highest BCUT2D eigenvalue weighted by Crippen LogP contribution is 2.22. The van der Waals surface area contributed by atoms with E-state index >= 15 is 0 Å². The molecular formula is C13H18FN3OS. The second-order valence-corrected chi connectivity index (χ2v) is 4.71. The van der Waals surface area contributed by atoms with Crippen LogP contribution in [-0.4, -0.2) is 24.0 Å².